The molecule has 1 aromatic carbocycles. The Morgan fingerprint density at radius 1 is 1.21 bits per heavy atom. The molecule has 0 aliphatic heterocycles. The van der Waals surface area contributed by atoms with E-state index in [2.05, 4.69) is 17.6 Å². The highest BCUT2D eigenvalue weighted by Crippen LogP contribution is 2.24. The van der Waals surface area contributed by atoms with Gasteiger partial charge in [-0.15, -0.1) is 0 Å². The van der Waals surface area contributed by atoms with Crippen LogP contribution < -0.4 is 10.6 Å². The molecule has 0 aromatic heterocycles. The van der Waals surface area contributed by atoms with Crippen molar-refractivity contribution in [2.24, 2.45) is 5.92 Å². The first kappa shape index (κ1) is 17.7. The van der Waals surface area contributed by atoms with E-state index in [4.69, 9.17) is 0 Å². The number of rotatable bonds is 4. The summed E-state index contributed by atoms with van der Waals surface area (Å²) in [4.78, 5) is 23.4. The maximum Gasteiger partial charge on any atom is 0.262 e. The van der Waals surface area contributed by atoms with Gasteiger partial charge in [0.1, 0.15) is 11.6 Å². The van der Waals surface area contributed by atoms with Gasteiger partial charge in [0.2, 0.25) is 5.91 Å². The Bertz CT molecular complexity index is 671. The smallest absolute Gasteiger partial charge is 0.262 e. The fourth-order valence-corrected chi connectivity index (χ4v) is 2.96. The van der Waals surface area contributed by atoms with E-state index in [9.17, 15) is 14.9 Å². The molecule has 5 heteroatoms. The van der Waals surface area contributed by atoms with Crippen molar-refractivity contribution < 1.29 is 9.59 Å². The molecule has 2 rings (SSSR count). The van der Waals surface area contributed by atoms with Crippen LogP contribution in [0.5, 0.6) is 0 Å². The van der Waals surface area contributed by atoms with E-state index >= 15 is 0 Å². The van der Waals surface area contributed by atoms with Gasteiger partial charge in [0.15, 0.2) is 0 Å². The Hall–Kier alpha value is -2.61. The van der Waals surface area contributed by atoms with Crippen LogP contribution >= 0.6 is 0 Å². The largest absolute Gasteiger partial charge is 0.348 e. The van der Waals surface area contributed by atoms with E-state index in [1.807, 2.05) is 6.07 Å². The van der Waals surface area contributed by atoms with Gasteiger partial charge in [-0.1, -0.05) is 31.9 Å². The first-order valence-corrected chi connectivity index (χ1v) is 8.30. The van der Waals surface area contributed by atoms with Crippen molar-refractivity contribution in [2.45, 2.75) is 45.6 Å². The SMILES string of the molecule is CC(=O)Nc1ccc(/C=C(\C#N)C(=O)N[C@H]2CCCC[C@H]2C)cc1. The van der Waals surface area contributed by atoms with Crippen LogP contribution in [0.25, 0.3) is 6.08 Å². The summed E-state index contributed by atoms with van der Waals surface area (Å²) in [5, 5.41) is 15.0. The van der Waals surface area contributed by atoms with Crippen molar-refractivity contribution in [1.29, 1.82) is 5.26 Å². The Morgan fingerprint density at radius 2 is 1.88 bits per heavy atom. The fraction of sp³-hybridized carbons (Fsp3) is 0.421. The van der Waals surface area contributed by atoms with Crippen molar-refractivity contribution in [3.05, 3.63) is 35.4 Å². The van der Waals surface area contributed by atoms with Gasteiger partial charge >= 0.3 is 0 Å². The normalized spacial score (nSPS) is 20.8. The molecule has 2 N–H and O–H groups in total. The molecule has 0 spiro atoms. The van der Waals surface area contributed by atoms with Crippen LogP contribution in [0.1, 0.15) is 45.1 Å². The van der Waals surface area contributed by atoms with E-state index < -0.39 is 0 Å². The zero-order valence-electron chi connectivity index (χ0n) is 14.1. The van der Waals surface area contributed by atoms with E-state index in [1.54, 1.807) is 30.3 Å². The Kier molecular flexibility index (Phi) is 6.14. The topological polar surface area (TPSA) is 82.0 Å². The first-order valence-electron chi connectivity index (χ1n) is 8.30. The van der Waals surface area contributed by atoms with Crippen molar-refractivity contribution >= 4 is 23.6 Å². The molecule has 0 heterocycles. The first-order chi connectivity index (χ1) is 11.5. The molecule has 0 bridgehead atoms. The third-order valence-electron chi connectivity index (χ3n) is 4.34. The molecule has 1 aromatic rings. The third-order valence-corrected chi connectivity index (χ3v) is 4.34. The van der Waals surface area contributed by atoms with Gasteiger partial charge in [-0.2, -0.15) is 5.26 Å². The van der Waals surface area contributed by atoms with Crippen molar-refractivity contribution in [2.75, 3.05) is 5.32 Å². The van der Waals surface area contributed by atoms with Crippen LogP contribution in [0.3, 0.4) is 0 Å². The zero-order chi connectivity index (χ0) is 17.5. The van der Waals surface area contributed by atoms with Crippen LogP contribution in [0.15, 0.2) is 29.8 Å². The number of amides is 2. The van der Waals surface area contributed by atoms with Crippen molar-refractivity contribution in [1.82, 2.24) is 5.32 Å². The Morgan fingerprint density at radius 3 is 2.46 bits per heavy atom. The highest BCUT2D eigenvalue weighted by atomic mass is 16.2. The van der Waals surface area contributed by atoms with Gasteiger partial charge in [-0.05, 0) is 42.5 Å². The maximum atomic E-state index is 12.3. The van der Waals surface area contributed by atoms with Gasteiger partial charge in [-0.25, -0.2) is 0 Å². The van der Waals surface area contributed by atoms with Crippen LogP contribution in [0.4, 0.5) is 5.69 Å². The molecule has 2 amide bonds. The third kappa shape index (κ3) is 4.95. The number of nitrogens with zero attached hydrogens (tertiary/aromatic N) is 1. The monoisotopic (exact) mass is 325 g/mol. The number of nitrogens with one attached hydrogen (secondary N) is 2. The van der Waals surface area contributed by atoms with Crippen molar-refractivity contribution in [3.63, 3.8) is 0 Å². The summed E-state index contributed by atoms with van der Waals surface area (Å²) >= 11 is 0. The summed E-state index contributed by atoms with van der Waals surface area (Å²) in [6, 6.07) is 9.13. The highest BCUT2D eigenvalue weighted by Gasteiger charge is 2.23. The predicted molar refractivity (Wildman–Crippen MR) is 93.9 cm³/mol. The standard InChI is InChI=1S/C19H23N3O2/c1-13-5-3-4-6-18(13)22-19(24)16(12-20)11-15-7-9-17(10-8-15)21-14(2)23/h7-11,13,18H,3-6H2,1-2H3,(H,21,23)(H,22,24)/b16-11+/t13-,18+/m1/s1. The molecule has 1 aliphatic carbocycles. The van der Waals surface area contributed by atoms with E-state index in [-0.39, 0.29) is 23.4 Å². The fourth-order valence-electron chi connectivity index (χ4n) is 2.96. The van der Waals surface area contributed by atoms with Crippen LogP contribution in [-0.4, -0.2) is 17.9 Å². The molecule has 5 nitrogen and oxygen atoms in total. The highest BCUT2D eigenvalue weighted by molar-refractivity contribution is 6.01. The van der Waals surface area contributed by atoms with Crippen LogP contribution in [0.2, 0.25) is 0 Å². The minimum atomic E-state index is -0.317. The van der Waals surface area contributed by atoms with Gasteiger partial charge in [-0.3, -0.25) is 9.59 Å². The lowest BCUT2D eigenvalue weighted by atomic mass is 9.86. The summed E-state index contributed by atoms with van der Waals surface area (Å²) < 4.78 is 0. The molecular formula is C19H23N3O2. The lowest BCUT2D eigenvalue weighted by Crippen LogP contribution is -2.41. The number of anilines is 1. The number of benzene rings is 1. The zero-order valence-corrected chi connectivity index (χ0v) is 14.1. The summed E-state index contributed by atoms with van der Waals surface area (Å²) in [7, 11) is 0. The number of hydrogen-bond donors (Lipinski definition) is 2. The van der Waals surface area contributed by atoms with Gasteiger partial charge in [0.25, 0.3) is 5.91 Å². The second-order valence-corrected chi connectivity index (χ2v) is 6.31. The number of hydrogen-bond acceptors (Lipinski definition) is 3. The molecule has 0 radical (unpaired) electrons. The van der Waals surface area contributed by atoms with Crippen LogP contribution in [-0.2, 0) is 9.59 Å². The molecule has 24 heavy (non-hydrogen) atoms. The van der Waals surface area contributed by atoms with Crippen LogP contribution in [0, 0.1) is 17.2 Å². The quantitative estimate of drug-likeness (QED) is 0.658. The minimum Gasteiger partial charge on any atom is -0.348 e. The molecule has 0 saturated heterocycles. The number of carbonyl (C=O) groups is 2. The lowest BCUT2D eigenvalue weighted by molar-refractivity contribution is -0.118. The molecule has 1 aliphatic rings. The minimum absolute atomic E-state index is 0.0973. The van der Waals surface area contributed by atoms with Gasteiger partial charge in [0.05, 0.1) is 0 Å². The average molecular weight is 325 g/mol. The average Bonchev–Trinajstić information content (AvgIpc) is 2.55. The van der Waals surface area contributed by atoms with Gasteiger partial charge in [0, 0.05) is 18.7 Å². The predicted octanol–water partition coefficient (Wildman–Crippen LogP) is 3.25. The molecule has 1 fully saturated rings. The molecule has 126 valence electrons. The summed E-state index contributed by atoms with van der Waals surface area (Å²) in [6.45, 7) is 3.58. The van der Waals surface area contributed by atoms with E-state index in [0.29, 0.717) is 11.6 Å². The second kappa shape index (κ2) is 8.30. The number of carbonyl (C=O) groups excluding carboxylic acids is 2. The maximum absolute atomic E-state index is 12.3. The van der Waals surface area contributed by atoms with Crippen molar-refractivity contribution in [3.8, 4) is 6.07 Å². The lowest BCUT2D eigenvalue weighted by Gasteiger charge is -2.29. The van der Waals surface area contributed by atoms with Gasteiger partial charge < -0.3 is 10.6 Å². The molecule has 1 saturated carbocycles. The second-order valence-electron chi connectivity index (χ2n) is 6.31. The summed E-state index contributed by atoms with van der Waals surface area (Å²) in [5.41, 5.74) is 1.52. The molecule has 2 atom stereocenters. The Labute approximate surface area is 142 Å². The molecule has 0 unspecified atom stereocenters. The Balaban J connectivity index is 2.06. The number of nitriles is 1. The van der Waals surface area contributed by atoms with E-state index in [0.717, 1.165) is 24.8 Å². The summed E-state index contributed by atoms with van der Waals surface area (Å²) in [5.74, 6) is -0.0150. The van der Waals surface area contributed by atoms with E-state index in [1.165, 1.54) is 13.3 Å². The molecular weight excluding hydrogens is 302 g/mol. The summed E-state index contributed by atoms with van der Waals surface area (Å²) in [6.07, 6.45) is 5.97.